The van der Waals surface area contributed by atoms with E-state index in [1.807, 2.05) is 0 Å². The Kier molecular flexibility index (Phi) is 2.28. The molecule has 16 heavy (non-hydrogen) atoms. The molecule has 3 rings (SSSR count). The predicted molar refractivity (Wildman–Crippen MR) is 68.6 cm³/mol. The van der Waals surface area contributed by atoms with Crippen molar-refractivity contribution in [2.75, 3.05) is 0 Å². The highest BCUT2D eigenvalue weighted by atomic mass is 14.2. The summed E-state index contributed by atoms with van der Waals surface area (Å²) in [4.78, 5) is 0. The molecule has 80 valence electrons. The van der Waals surface area contributed by atoms with E-state index in [2.05, 4.69) is 55.5 Å². The van der Waals surface area contributed by atoms with Gasteiger partial charge in [-0.15, -0.1) is 0 Å². The van der Waals surface area contributed by atoms with E-state index >= 15 is 0 Å². The molecule has 2 aromatic carbocycles. The molecular weight excluding hydrogens is 192 g/mol. The topological polar surface area (TPSA) is 0 Å². The molecule has 0 fully saturated rings. The van der Waals surface area contributed by atoms with Crippen molar-refractivity contribution >= 4 is 0 Å². The van der Waals surface area contributed by atoms with Crippen LogP contribution in [0.25, 0.3) is 11.1 Å². The van der Waals surface area contributed by atoms with Crippen LogP contribution in [0.5, 0.6) is 0 Å². The van der Waals surface area contributed by atoms with Crippen LogP contribution >= 0.6 is 0 Å². The fourth-order valence-corrected chi connectivity index (χ4v) is 2.75. The molecule has 0 aliphatic heterocycles. The first kappa shape index (κ1) is 9.65. The normalized spacial score (nSPS) is 18.4. The zero-order chi connectivity index (χ0) is 11.0. The Hall–Kier alpha value is -1.56. The summed E-state index contributed by atoms with van der Waals surface area (Å²) in [5, 5.41) is 0. The van der Waals surface area contributed by atoms with Crippen LogP contribution in [0.15, 0.2) is 48.5 Å². The molecule has 0 saturated heterocycles. The van der Waals surface area contributed by atoms with E-state index in [0.29, 0.717) is 0 Å². The van der Waals surface area contributed by atoms with Crippen LogP contribution in [-0.2, 0) is 6.42 Å². The second kappa shape index (κ2) is 3.79. The standard InChI is InChI=1S/C16H16/c1-12-10-11-16-14(12)8-5-9-15(16)13-6-3-2-4-7-13/h2-9,12H,10-11H2,1H3. The molecule has 0 heterocycles. The van der Waals surface area contributed by atoms with Crippen LogP contribution in [0.4, 0.5) is 0 Å². The van der Waals surface area contributed by atoms with Gasteiger partial charge < -0.3 is 0 Å². The third-order valence-corrected chi connectivity index (χ3v) is 3.66. The Bertz CT molecular complexity index is 497. The Morgan fingerprint density at radius 1 is 0.938 bits per heavy atom. The summed E-state index contributed by atoms with van der Waals surface area (Å²) in [5.74, 6) is 0.735. The van der Waals surface area contributed by atoms with E-state index in [1.54, 1.807) is 11.1 Å². The van der Waals surface area contributed by atoms with E-state index in [1.165, 1.54) is 24.0 Å². The molecule has 1 aliphatic carbocycles. The number of hydrogen-bond acceptors (Lipinski definition) is 0. The van der Waals surface area contributed by atoms with Crippen LogP contribution in [-0.4, -0.2) is 0 Å². The second-order valence-electron chi connectivity index (χ2n) is 4.68. The molecular formula is C16H16. The quantitative estimate of drug-likeness (QED) is 0.651. The Morgan fingerprint density at radius 3 is 2.56 bits per heavy atom. The summed E-state index contributed by atoms with van der Waals surface area (Å²) in [5.41, 5.74) is 5.92. The molecule has 0 radical (unpaired) electrons. The third-order valence-electron chi connectivity index (χ3n) is 3.66. The van der Waals surface area contributed by atoms with Gasteiger partial charge in [-0.25, -0.2) is 0 Å². The lowest BCUT2D eigenvalue weighted by molar-refractivity contribution is 0.747. The fourth-order valence-electron chi connectivity index (χ4n) is 2.75. The van der Waals surface area contributed by atoms with Gasteiger partial charge in [0.1, 0.15) is 0 Å². The van der Waals surface area contributed by atoms with Gasteiger partial charge in [0, 0.05) is 0 Å². The summed E-state index contributed by atoms with van der Waals surface area (Å²) in [6, 6.07) is 17.5. The highest BCUT2D eigenvalue weighted by molar-refractivity contribution is 5.69. The number of hydrogen-bond donors (Lipinski definition) is 0. The second-order valence-corrected chi connectivity index (χ2v) is 4.68. The lowest BCUT2D eigenvalue weighted by atomic mass is 9.95. The van der Waals surface area contributed by atoms with Crippen molar-refractivity contribution in [3.63, 3.8) is 0 Å². The minimum absolute atomic E-state index is 0.735. The lowest BCUT2D eigenvalue weighted by Gasteiger charge is -2.09. The summed E-state index contributed by atoms with van der Waals surface area (Å²) < 4.78 is 0. The molecule has 1 unspecified atom stereocenters. The van der Waals surface area contributed by atoms with Gasteiger partial charge in [-0.3, -0.25) is 0 Å². The molecule has 0 aromatic heterocycles. The summed E-state index contributed by atoms with van der Waals surface area (Å²) >= 11 is 0. The van der Waals surface area contributed by atoms with Crippen LogP contribution in [0.2, 0.25) is 0 Å². The van der Waals surface area contributed by atoms with Crippen molar-refractivity contribution < 1.29 is 0 Å². The Balaban J connectivity index is 2.17. The molecule has 0 N–H and O–H groups in total. The highest BCUT2D eigenvalue weighted by Crippen LogP contribution is 2.38. The molecule has 1 aliphatic rings. The maximum absolute atomic E-state index is 2.33. The molecule has 0 heteroatoms. The predicted octanol–water partition coefficient (Wildman–Crippen LogP) is 4.40. The smallest absolute Gasteiger partial charge is 0.0149 e. The van der Waals surface area contributed by atoms with E-state index in [0.717, 1.165) is 5.92 Å². The van der Waals surface area contributed by atoms with Gasteiger partial charge in [0.2, 0.25) is 0 Å². The van der Waals surface area contributed by atoms with Gasteiger partial charge in [0.15, 0.2) is 0 Å². The first-order valence-corrected chi connectivity index (χ1v) is 6.03. The van der Waals surface area contributed by atoms with Gasteiger partial charge in [0.25, 0.3) is 0 Å². The average Bonchev–Trinajstić information content (AvgIpc) is 2.73. The molecule has 0 nitrogen and oxygen atoms in total. The maximum Gasteiger partial charge on any atom is -0.0149 e. The largest absolute Gasteiger partial charge is 0.0622 e. The lowest BCUT2D eigenvalue weighted by Crippen LogP contribution is -1.89. The van der Waals surface area contributed by atoms with Crippen molar-refractivity contribution in [3.05, 3.63) is 59.7 Å². The maximum atomic E-state index is 2.33. The molecule has 2 aromatic rings. The van der Waals surface area contributed by atoms with Crippen LogP contribution < -0.4 is 0 Å². The minimum atomic E-state index is 0.735. The number of fused-ring (bicyclic) bond motifs is 1. The third kappa shape index (κ3) is 1.46. The van der Waals surface area contributed by atoms with Crippen LogP contribution in [0.1, 0.15) is 30.4 Å². The average molecular weight is 208 g/mol. The molecule has 0 amide bonds. The van der Waals surface area contributed by atoms with Gasteiger partial charge in [0.05, 0.1) is 0 Å². The molecule has 0 bridgehead atoms. The van der Waals surface area contributed by atoms with Crippen molar-refractivity contribution in [2.24, 2.45) is 0 Å². The van der Waals surface area contributed by atoms with E-state index in [9.17, 15) is 0 Å². The fraction of sp³-hybridized carbons (Fsp3) is 0.250. The van der Waals surface area contributed by atoms with Gasteiger partial charge in [-0.2, -0.15) is 0 Å². The molecule has 0 spiro atoms. The first-order chi connectivity index (χ1) is 7.86. The zero-order valence-corrected chi connectivity index (χ0v) is 9.61. The van der Waals surface area contributed by atoms with Crippen molar-refractivity contribution in [2.45, 2.75) is 25.7 Å². The summed E-state index contributed by atoms with van der Waals surface area (Å²) in [7, 11) is 0. The van der Waals surface area contributed by atoms with Gasteiger partial charge in [-0.1, -0.05) is 55.5 Å². The number of benzene rings is 2. The number of rotatable bonds is 1. The van der Waals surface area contributed by atoms with Crippen molar-refractivity contribution in [1.29, 1.82) is 0 Å². The summed E-state index contributed by atoms with van der Waals surface area (Å²) in [6.45, 7) is 2.33. The SMILES string of the molecule is CC1CCc2c(-c3ccccc3)cccc21. The van der Waals surface area contributed by atoms with Crippen molar-refractivity contribution in [3.8, 4) is 11.1 Å². The first-order valence-electron chi connectivity index (χ1n) is 6.03. The monoisotopic (exact) mass is 208 g/mol. The Morgan fingerprint density at radius 2 is 1.75 bits per heavy atom. The van der Waals surface area contributed by atoms with Crippen LogP contribution in [0.3, 0.4) is 0 Å². The molecule has 0 saturated carbocycles. The minimum Gasteiger partial charge on any atom is -0.0622 e. The van der Waals surface area contributed by atoms with Crippen LogP contribution in [0, 0.1) is 0 Å². The highest BCUT2D eigenvalue weighted by Gasteiger charge is 2.20. The molecule has 1 atom stereocenters. The van der Waals surface area contributed by atoms with E-state index < -0.39 is 0 Å². The van der Waals surface area contributed by atoms with Gasteiger partial charge >= 0.3 is 0 Å². The Labute approximate surface area is 96.9 Å². The van der Waals surface area contributed by atoms with E-state index in [-0.39, 0.29) is 0 Å². The van der Waals surface area contributed by atoms with Gasteiger partial charge in [-0.05, 0) is 41.0 Å². The van der Waals surface area contributed by atoms with Crippen molar-refractivity contribution in [1.82, 2.24) is 0 Å². The summed E-state index contributed by atoms with van der Waals surface area (Å²) in [6.07, 6.45) is 2.54. The zero-order valence-electron chi connectivity index (χ0n) is 9.61. The van der Waals surface area contributed by atoms with E-state index in [4.69, 9.17) is 0 Å².